The van der Waals surface area contributed by atoms with Gasteiger partial charge in [-0.1, -0.05) is 36.4 Å². The molecule has 0 bridgehead atoms. The lowest BCUT2D eigenvalue weighted by Crippen LogP contribution is -2.44. The summed E-state index contributed by atoms with van der Waals surface area (Å²) < 4.78 is 0. The number of nitrogens with zero attached hydrogens (tertiary/aromatic N) is 3. The number of aromatic hydroxyl groups is 1. The van der Waals surface area contributed by atoms with Crippen molar-refractivity contribution in [2.45, 2.75) is 6.42 Å². The molecule has 0 atom stereocenters. The predicted octanol–water partition coefficient (Wildman–Crippen LogP) is 3.28. The number of hydrogen-bond acceptors (Lipinski definition) is 4. The second-order valence-electron chi connectivity index (χ2n) is 5.87. The number of allylic oxidation sites excluding steroid dienone is 1. The van der Waals surface area contributed by atoms with E-state index >= 15 is 0 Å². The van der Waals surface area contributed by atoms with Crippen LogP contribution in [-0.4, -0.2) is 42.5 Å². The molecular formula is C20H23N3O. The smallest absolute Gasteiger partial charge is 0.127 e. The summed E-state index contributed by atoms with van der Waals surface area (Å²) in [4.78, 5) is 2.37. The van der Waals surface area contributed by atoms with Crippen LogP contribution in [0.4, 0.5) is 5.69 Å². The van der Waals surface area contributed by atoms with Crippen LogP contribution in [0.3, 0.4) is 0 Å². The third-order valence-corrected chi connectivity index (χ3v) is 4.25. The molecule has 1 N–H and O–H groups in total. The molecule has 0 spiro atoms. The summed E-state index contributed by atoms with van der Waals surface area (Å²) in [5.41, 5.74) is 2.89. The molecular weight excluding hydrogens is 298 g/mol. The van der Waals surface area contributed by atoms with Crippen LogP contribution in [-0.2, 0) is 6.42 Å². The summed E-state index contributed by atoms with van der Waals surface area (Å²) in [5.74, 6) is 0.295. The first kappa shape index (κ1) is 16.1. The molecule has 1 fully saturated rings. The quantitative estimate of drug-likeness (QED) is 0.678. The molecule has 24 heavy (non-hydrogen) atoms. The van der Waals surface area contributed by atoms with Crippen LogP contribution in [0.25, 0.3) is 0 Å². The maximum absolute atomic E-state index is 10.3. The van der Waals surface area contributed by atoms with Crippen molar-refractivity contribution in [2.75, 3.05) is 31.1 Å². The number of para-hydroxylation sites is 2. The molecule has 0 unspecified atom stereocenters. The largest absolute Gasteiger partial charge is 0.507 e. The average molecular weight is 321 g/mol. The van der Waals surface area contributed by atoms with E-state index in [1.807, 2.05) is 24.3 Å². The van der Waals surface area contributed by atoms with E-state index in [0.717, 1.165) is 37.3 Å². The SMILES string of the molecule is C=CCc1cccc(/C=N/N2CCN(c3ccccc3)CC2)c1O. The number of benzene rings is 2. The van der Waals surface area contributed by atoms with Crippen molar-refractivity contribution in [2.24, 2.45) is 5.10 Å². The lowest BCUT2D eigenvalue weighted by atomic mass is 10.1. The number of rotatable bonds is 5. The maximum Gasteiger partial charge on any atom is 0.127 e. The molecule has 0 aromatic heterocycles. The van der Waals surface area contributed by atoms with Crippen LogP contribution >= 0.6 is 0 Å². The fraction of sp³-hybridized carbons (Fsp3) is 0.250. The van der Waals surface area contributed by atoms with E-state index in [2.05, 4.69) is 45.9 Å². The highest BCUT2D eigenvalue weighted by atomic mass is 16.3. The lowest BCUT2D eigenvalue weighted by Gasteiger charge is -2.34. The van der Waals surface area contributed by atoms with Gasteiger partial charge < -0.3 is 10.0 Å². The van der Waals surface area contributed by atoms with Gasteiger partial charge in [0.2, 0.25) is 0 Å². The van der Waals surface area contributed by atoms with Crippen LogP contribution in [0.15, 0.2) is 66.3 Å². The molecule has 3 rings (SSSR count). The van der Waals surface area contributed by atoms with E-state index in [1.54, 1.807) is 12.3 Å². The van der Waals surface area contributed by atoms with Crippen molar-refractivity contribution in [3.63, 3.8) is 0 Å². The number of phenolic OH excluding ortho intramolecular Hbond substituents is 1. The van der Waals surface area contributed by atoms with E-state index in [-0.39, 0.29) is 0 Å². The topological polar surface area (TPSA) is 39.1 Å². The van der Waals surface area contributed by atoms with Crippen LogP contribution in [0.5, 0.6) is 5.75 Å². The molecule has 0 saturated carbocycles. The van der Waals surface area contributed by atoms with Crippen molar-refractivity contribution in [3.05, 3.63) is 72.3 Å². The highest BCUT2D eigenvalue weighted by Crippen LogP contribution is 2.22. The fourth-order valence-electron chi connectivity index (χ4n) is 2.89. The Morgan fingerprint density at radius 3 is 2.46 bits per heavy atom. The van der Waals surface area contributed by atoms with Crippen LogP contribution < -0.4 is 4.90 Å². The van der Waals surface area contributed by atoms with Gasteiger partial charge in [-0.15, -0.1) is 6.58 Å². The number of anilines is 1. The van der Waals surface area contributed by atoms with Crippen molar-refractivity contribution in [3.8, 4) is 5.75 Å². The zero-order valence-electron chi connectivity index (χ0n) is 13.8. The molecule has 2 aromatic carbocycles. The average Bonchev–Trinajstić information content (AvgIpc) is 2.64. The first-order chi connectivity index (χ1) is 11.8. The molecule has 1 aliphatic rings. The van der Waals surface area contributed by atoms with E-state index in [9.17, 15) is 5.11 Å². The van der Waals surface area contributed by atoms with Crippen molar-refractivity contribution in [1.29, 1.82) is 0 Å². The van der Waals surface area contributed by atoms with Crippen molar-refractivity contribution in [1.82, 2.24) is 5.01 Å². The zero-order valence-corrected chi connectivity index (χ0v) is 13.8. The van der Waals surface area contributed by atoms with Gasteiger partial charge in [0.1, 0.15) is 5.75 Å². The monoisotopic (exact) mass is 321 g/mol. The minimum atomic E-state index is 0.295. The molecule has 0 aliphatic carbocycles. The standard InChI is InChI=1S/C20H23N3O/c1-2-7-17-8-6-9-18(20(17)24)16-21-23-14-12-22(13-15-23)19-10-4-3-5-11-19/h2-6,8-11,16,24H,1,7,12-15H2/b21-16+. The summed E-state index contributed by atoms with van der Waals surface area (Å²) in [5, 5.41) is 16.9. The third-order valence-electron chi connectivity index (χ3n) is 4.25. The Kier molecular flexibility index (Phi) is 5.16. The summed E-state index contributed by atoms with van der Waals surface area (Å²) in [6, 6.07) is 16.2. The van der Waals surface area contributed by atoms with Crippen LogP contribution in [0, 0.1) is 0 Å². The summed E-state index contributed by atoms with van der Waals surface area (Å²) >= 11 is 0. The van der Waals surface area contributed by atoms with Gasteiger partial charge >= 0.3 is 0 Å². The van der Waals surface area contributed by atoms with Gasteiger partial charge in [-0.3, -0.25) is 5.01 Å². The molecule has 1 aliphatic heterocycles. The van der Waals surface area contributed by atoms with E-state index in [4.69, 9.17) is 0 Å². The van der Waals surface area contributed by atoms with E-state index < -0.39 is 0 Å². The minimum absolute atomic E-state index is 0.295. The second-order valence-corrected chi connectivity index (χ2v) is 5.87. The summed E-state index contributed by atoms with van der Waals surface area (Å²) in [6.07, 6.45) is 4.20. The molecule has 1 heterocycles. The molecule has 0 radical (unpaired) electrons. The molecule has 0 amide bonds. The Morgan fingerprint density at radius 1 is 1.00 bits per heavy atom. The lowest BCUT2D eigenvalue weighted by molar-refractivity contribution is 0.272. The van der Waals surface area contributed by atoms with E-state index in [1.165, 1.54) is 5.69 Å². The molecule has 4 nitrogen and oxygen atoms in total. The first-order valence-corrected chi connectivity index (χ1v) is 8.28. The van der Waals surface area contributed by atoms with Gasteiger partial charge in [0, 0.05) is 24.3 Å². The number of hydrogen-bond donors (Lipinski definition) is 1. The van der Waals surface area contributed by atoms with Gasteiger partial charge in [0.15, 0.2) is 0 Å². The maximum atomic E-state index is 10.3. The number of phenols is 1. The number of piperazine rings is 1. The summed E-state index contributed by atoms with van der Waals surface area (Å²) in [7, 11) is 0. The van der Waals surface area contributed by atoms with Crippen molar-refractivity contribution >= 4 is 11.9 Å². The predicted molar refractivity (Wildman–Crippen MR) is 99.8 cm³/mol. The number of hydrazone groups is 1. The Balaban J connectivity index is 1.61. The van der Waals surface area contributed by atoms with Crippen molar-refractivity contribution < 1.29 is 5.11 Å². The van der Waals surface area contributed by atoms with Gasteiger partial charge in [-0.25, -0.2) is 0 Å². The summed E-state index contributed by atoms with van der Waals surface area (Å²) in [6.45, 7) is 7.36. The normalized spacial score (nSPS) is 15.0. The first-order valence-electron chi connectivity index (χ1n) is 8.28. The molecule has 4 heteroatoms. The Labute approximate surface area is 143 Å². The molecule has 124 valence electrons. The van der Waals surface area contributed by atoms with Crippen LogP contribution in [0.1, 0.15) is 11.1 Å². The van der Waals surface area contributed by atoms with Crippen LogP contribution in [0.2, 0.25) is 0 Å². The highest BCUT2D eigenvalue weighted by molar-refractivity contribution is 5.83. The van der Waals surface area contributed by atoms with Gasteiger partial charge in [0.05, 0.1) is 19.3 Å². The third kappa shape index (κ3) is 3.77. The Hall–Kier alpha value is -2.75. The Morgan fingerprint density at radius 2 is 1.75 bits per heavy atom. The van der Waals surface area contributed by atoms with Gasteiger partial charge in [-0.2, -0.15) is 5.10 Å². The Bertz CT molecular complexity index is 704. The minimum Gasteiger partial charge on any atom is -0.507 e. The second kappa shape index (κ2) is 7.68. The molecule has 2 aromatic rings. The van der Waals surface area contributed by atoms with E-state index in [0.29, 0.717) is 12.2 Å². The molecule has 1 saturated heterocycles. The van der Waals surface area contributed by atoms with Gasteiger partial charge in [0.25, 0.3) is 0 Å². The zero-order chi connectivity index (χ0) is 16.8. The fourth-order valence-corrected chi connectivity index (χ4v) is 2.89. The highest BCUT2D eigenvalue weighted by Gasteiger charge is 2.15. The van der Waals surface area contributed by atoms with Gasteiger partial charge in [-0.05, 0) is 30.2 Å².